The van der Waals surface area contributed by atoms with Gasteiger partial charge < -0.3 is 29.5 Å². The summed E-state index contributed by atoms with van der Waals surface area (Å²) in [6.07, 6.45) is 0.763. The van der Waals surface area contributed by atoms with Crippen LogP contribution in [-0.4, -0.2) is 56.5 Å². The molecule has 10 heteroatoms. The molecule has 2 heterocycles. The van der Waals surface area contributed by atoms with Crippen molar-refractivity contribution in [3.8, 4) is 0 Å². The van der Waals surface area contributed by atoms with Crippen molar-refractivity contribution >= 4 is 35.4 Å². The van der Waals surface area contributed by atoms with Gasteiger partial charge in [0.1, 0.15) is 11.2 Å². The maximum Gasteiger partial charge on any atom is 0.410 e. The van der Waals surface area contributed by atoms with Crippen molar-refractivity contribution in [2.45, 2.75) is 91.9 Å². The number of nitrogens with zero attached hydrogens (tertiary/aromatic N) is 2. The predicted octanol–water partition coefficient (Wildman–Crippen LogP) is 6.25. The van der Waals surface area contributed by atoms with Gasteiger partial charge in [0, 0.05) is 36.2 Å². The lowest BCUT2D eigenvalue weighted by Crippen LogP contribution is -2.40. The van der Waals surface area contributed by atoms with Crippen molar-refractivity contribution in [1.82, 2.24) is 9.80 Å². The van der Waals surface area contributed by atoms with Crippen molar-refractivity contribution in [1.29, 1.82) is 0 Å². The number of halogens is 2. The maximum atomic E-state index is 12.1. The van der Waals surface area contributed by atoms with Gasteiger partial charge in [-0.25, -0.2) is 9.59 Å². The Balaban J connectivity index is 0.000000220. The topological polar surface area (TPSA) is 99.5 Å². The van der Waals surface area contributed by atoms with Gasteiger partial charge in [-0.15, -0.1) is 0 Å². The molecule has 0 unspecified atom stereocenters. The third-order valence-electron chi connectivity index (χ3n) is 6.47. The number of aliphatic hydroxyl groups is 2. The van der Waals surface area contributed by atoms with E-state index in [2.05, 4.69) is 0 Å². The Hall–Kier alpha value is -2.52. The maximum absolute atomic E-state index is 12.1. The first-order valence-corrected chi connectivity index (χ1v) is 14.1. The number of hydrogen-bond acceptors (Lipinski definition) is 6. The standard InChI is InChI=1S/2C15H20ClNO3/c2*1-15(2,3)20-14(19)17-7-6-12-10(8-17)4-5-11(9-18)13(12)16/h2*4-5,18H,6-9H2,1-3H3. The second kappa shape index (κ2) is 13.0. The molecule has 2 N–H and O–H groups in total. The highest BCUT2D eigenvalue weighted by Crippen LogP contribution is 2.31. The number of carbonyl (C=O) groups excluding carboxylic acids is 2. The fourth-order valence-corrected chi connectivity index (χ4v) is 5.21. The molecule has 8 nitrogen and oxygen atoms in total. The van der Waals surface area contributed by atoms with Crippen molar-refractivity contribution in [2.75, 3.05) is 13.1 Å². The molecule has 2 aliphatic heterocycles. The van der Waals surface area contributed by atoms with Crippen LogP contribution < -0.4 is 0 Å². The number of rotatable bonds is 2. The van der Waals surface area contributed by atoms with Crippen LogP contribution in [0.15, 0.2) is 24.3 Å². The molecule has 2 aliphatic rings. The van der Waals surface area contributed by atoms with Crippen molar-refractivity contribution in [3.63, 3.8) is 0 Å². The van der Waals surface area contributed by atoms with Crippen LogP contribution in [0, 0.1) is 0 Å². The van der Waals surface area contributed by atoms with Crippen LogP contribution in [0.2, 0.25) is 10.0 Å². The quantitative estimate of drug-likeness (QED) is 0.426. The molecule has 2 amide bonds. The number of benzene rings is 2. The SMILES string of the molecule is CC(C)(C)OC(=O)N1CCc2c(ccc(CO)c2Cl)C1.CC(C)(C)OC(=O)N1CCc2c(ccc(CO)c2Cl)C1. The number of ether oxygens (including phenoxy) is 2. The number of hydrogen-bond donors (Lipinski definition) is 2. The van der Waals surface area contributed by atoms with E-state index in [9.17, 15) is 19.8 Å². The van der Waals surface area contributed by atoms with Gasteiger partial charge in [-0.3, -0.25) is 0 Å². The molecule has 0 radical (unpaired) electrons. The fourth-order valence-electron chi connectivity index (χ4n) is 4.53. The van der Waals surface area contributed by atoms with E-state index in [4.69, 9.17) is 32.7 Å². The molecule has 0 bridgehead atoms. The van der Waals surface area contributed by atoms with Crippen LogP contribution in [0.3, 0.4) is 0 Å². The molecular weight excluding hydrogens is 555 g/mol. The zero-order chi connectivity index (χ0) is 29.8. The lowest BCUT2D eigenvalue weighted by Gasteiger charge is -2.31. The third-order valence-corrected chi connectivity index (χ3v) is 7.41. The summed E-state index contributed by atoms with van der Waals surface area (Å²) in [4.78, 5) is 27.5. The second-order valence-corrected chi connectivity index (χ2v) is 12.7. The number of carbonyl (C=O) groups is 2. The molecule has 0 aliphatic carbocycles. The minimum atomic E-state index is -0.490. The van der Waals surface area contributed by atoms with Crippen LogP contribution >= 0.6 is 23.2 Å². The van der Waals surface area contributed by atoms with E-state index >= 15 is 0 Å². The number of aliphatic hydroxyl groups excluding tert-OH is 2. The summed E-state index contributed by atoms with van der Waals surface area (Å²) in [5.74, 6) is 0. The molecule has 0 spiro atoms. The lowest BCUT2D eigenvalue weighted by atomic mass is 9.97. The Bertz CT molecular complexity index is 1140. The van der Waals surface area contributed by atoms with Crippen LogP contribution in [0.4, 0.5) is 9.59 Å². The van der Waals surface area contributed by atoms with Crippen LogP contribution in [0.5, 0.6) is 0 Å². The van der Waals surface area contributed by atoms with Gasteiger partial charge in [0.25, 0.3) is 0 Å². The van der Waals surface area contributed by atoms with E-state index < -0.39 is 11.2 Å². The van der Waals surface area contributed by atoms with Crippen LogP contribution in [-0.2, 0) is 48.6 Å². The summed E-state index contributed by atoms with van der Waals surface area (Å²) in [7, 11) is 0. The Morgan fingerprint density at radius 1 is 0.725 bits per heavy atom. The second-order valence-electron chi connectivity index (χ2n) is 12.0. The normalized spacial score (nSPS) is 14.9. The Kier molecular flexibility index (Phi) is 10.4. The van der Waals surface area contributed by atoms with Gasteiger partial charge in [-0.05, 0) is 87.8 Å². The zero-order valence-corrected chi connectivity index (χ0v) is 25.7. The number of fused-ring (bicyclic) bond motifs is 2. The molecule has 0 saturated heterocycles. The lowest BCUT2D eigenvalue weighted by molar-refractivity contribution is 0.0214. The van der Waals surface area contributed by atoms with Gasteiger partial charge in [-0.2, -0.15) is 0 Å². The minimum Gasteiger partial charge on any atom is -0.444 e. The van der Waals surface area contributed by atoms with E-state index in [1.807, 2.05) is 53.7 Å². The van der Waals surface area contributed by atoms with E-state index in [-0.39, 0.29) is 25.4 Å². The smallest absolute Gasteiger partial charge is 0.410 e. The molecule has 0 saturated carbocycles. The van der Waals surface area contributed by atoms with Crippen molar-refractivity contribution in [3.05, 3.63) is 67.7 Å². The summed E-state index contributed by atoms with van der Waals surface area (Å²) in [5.41, 5.74) is 4.57. The Labute approximate surface area is 246 Å². The zero-order valence-electron chi connectivity index (χ0n) is 24.1. The van der Waals surface area contributed by atoms with Crippen LogP contribution in [0.1, 0.15) is 74.9 Å². The van der Waals surface area contributed by atoms with E-state index in [1.54, 1.807) is 21.9 Å². The average molecular weight is 596 g/mol. The summed E-state index contributed by atoms with van der Waals surface area (Å²) in [6.45, 7) is 13.1. The predicted molar refractivity (Wildman–Crippen MR) is 155 cm³/mol. The summed E-state index contributed by atoms with van der Waals surface area (Å²) in [6, 6.07) is 7.45. The minimum absolute atomic E-state index is 0.0676. The molecule has 4 rings (SSSR count). The summed E-state index contributed by atoms with van der Waals surface area (Å²) < 4.78 is 10.8. The first kappa shape index (κ1) is 32.0. The fraction of sp³-hybridized carbons (Fsp3) is 0.533. The molecular formula is C30H40Cl2N2O6. The van der Waals surface area contributed by atoms with Crippen molar-refractivity contribution < 1.29 is 29.3 Å². The highest BCUT2D eigenvalue weighted by molar-refractivity contribution is 6.32. The average Bonchev–Trinajstić information content (AvgIpc) is 2.87. The van der Waals surface area contributed by atoms with Gasteiger partial charge in [0.2, 0.25) is 0 Å². The van der Waals surface area contributed by atoms with Crippen molar-refractivity contribution in [2.24, 2.45) is 0 Å². The van der Waals surface area contributed by atoms with E-state index in [0.29, 0.717) is 49.1 Å². The highest BCUT2D eigenvalue weighted by atomic mass is 35.5. The third kappa shape index (κ3) is 8.26. The number of amides is 2. The molecule has 0 fully saturated rings. The van der Waals surface area contributed by atoms with E-state index in [0.717, 1.165) is 33.4 Å². The molecule has 2 aromatic carbocycles. The molecule has 0 atom stereocenters. The van der Waals surface area contributed by atoms with Crippen LogP contribution in [0.25, 0.3) is 0 Å². The van der Waals surface area contributed by atoms with Gasteiger partial charge in [0.15, 0.2) is 0 Å². The molecule has 220 valence electrons. The first-order valence-electron chi connectivity index (χ1n) is 13.4. The molecule has 40 heavy (non-hydrogen) atoms. The largest absolute Gasteiger partial charge is 0.444 e. The molecule has 0 aromatic heterocycles. The summed E-state index contributed by atoms with van der Waals surface area (Å²) >= 11 is 12.5. The first-order chi connectivity index (χ1) is 18.6. The van der Waals surface area contributed by atoms with E-state index in [1.165, 1.54) is 0 Å². The van der Waals surface area contributed by atoms with Gasteiger partial charge in [0.05, 0.1) is 13.2 Å². The van der Waals surface area contributed by atoms with Gasteiger partial charge >= 0.3 is 12.2 Å². The summed E-state index contributed by atoms with van der Waals surface area (Å²) in [5, 5.41) is 19.7. The monoisotopic (exact) mass is 594 g/mol. The van der Waals surface area contributed by atoms with Gasteiger partial charge in [-0.1, -0.05) is 47.5 Å². The Morgan fingerprint density at radius 3 is 1.38 bits per heavy atom. The Morgan fingerprint density at radius 2 is 1.07 bits per heavy atom. The highest BCUT2D eigenvalue weighted by Gasteiger charge is 2.28. The molecule has 2 aromatic rings.